The fraction of sp³-hybridized carbons (Fsp3) is 0.880. The molecule has 43 nitrogen and oxygen atoms in total. The number of benzene rings is 1. The summed E-state index contributed by atoms with van der Waals surface area (Å²) in [6.45, 7) is 12.0. The monoisotopic (exact) mass is 1810 g/mol. The molecule has 1 unspecified atom stereocenters. The summed E-state index contributed by atoms with van der Waals surface area (Å²) in [5, 5.41) is 268. The summed E-state index contributed by atoms with van der Waals surface area (Å²) in [7, 11) is 0. The van der Waals surface area contributed by atoms with E-state index < -0.39 is 354 Å². The second kappa shape index (κ2) is 37.8. The van der Waals surface area contributed by atoms with E-state index in [-0.39, 0.29) is 36.7 Å². The Bertz CT molecular complexity index is 3880. The average molecular weight is 1810 g/mol. The smallest absolute Gasteiger partial charge is 0.342 e. The van der Waals surface area contributed by atoms with E-state index in [1.54, 1.807) is 0 Å². The number of hydrogen-bond acceptors (Lipinski definition) is 43. The Labute approximate surface area is 724 Å². The van der Waals surface area contributed by atoms with Gasteiger partial charge in [-0.2, -0.15) is 0 Å². The Morgan fingerprint density at radius 3 is 1.49 bits per heavy atom. The summed E-state index contributed by atoms with van der Waals surface area (Å²) in [4.78, 5) is 31.0. The van der Waals surface area contributed by atoms with Gasteiger partial charge in [0.2, 0.25) is 6.29 Å². The van der Waals surface area contributed by atoms with Crippen LogP contribution in [0.15, 0.2) is 35.9 Å². The Kier molecular flexibility index (Phi) is 29.5. The highest BCUT2D eigenvalue weighted by Crippen LogP contribution is 2.76. The maximum absolute atomic E-state index is 16.6. The first-order chi connectivity index (χ1) is 59.3. The van der Waals surface area contributed by atoms with Crippen LogP contribution in [0.4, 0.5) is 0 Å². The molecule has 8 heterocycles. The molecule has 43 heteroatoms. The minimum Gasteiger partial charge on any atom is -0.507 e. The largest absolute Gasteiger partial charge is 0.507 e. The normalized spacial score (nSPS) is 51.9. The molecule has 13 aliphatic rings. The standard InChI is InChI=1S/C83H128O43/c1-29-46(91)55(100)65(123-69-58(103)47(92)35(89)27-110-69)74(112-29)111-28-40-52(97)57(102)66(124-72-61(106)54(99)49(94)37(24-85)115-72)75(118-40)120-44-17-18-80(7)41(79(44,5)6)16-19-81(8)42(80)15-14-32-33-20-78(3,4)45(119-68(108)31-12-10-11-13-34(31)88)22-83(33,43(90)21-82(32,81)9)77(109)126-76-67(56(101)50(95)38(25-86)117-76)125-73-62(107)64(122-71-60(105)53(98)48(93)36(23-84)114-71)63(30(2)113-73)121-70-59(104)51(96)39(26-87)116-70/h10-14,29-30,33,35-67,69-76,84-107H,15-28H2,1-9H3/t29-,30+,33+,35-,36-,37-,38-,39+,40-,41?,42-,43-,44+,45+,46+,47+,48-,49-,50-,51+,52-,53+,54+,55+,56+,57+,58-,59-,60-,61-,62-,63+,64+,65-,66-,67-,69+,70+,71+,72+,73+,74-,75+,76+,80+,81-,82-,83-/m1/s1. The van der Waals surface area contributed by atoms with Crippen LogP contribution in [0.25, 0.3) is 0 Å². The molecule has 48 atom stereocenters. The number of fused-ring (bicyclic) bond motifs is 7. The average Bonchev–Trinajstić information content (AvgIpc) is 0.718. The molecule has 126 heavy (non-hydrogen) atoms. The van der Waals surface area contributed by atoms with Crippen LogP contribution in [-0.4, -0.2) is 426 Å². The number of carbonyl (C=O) groups is 2. The fourth-order valence-corrected chi connectivity index (χ4v) is 22.8. The van der Waals surface area contributed by atoms with Gasteiger partial charge in [0.25, 0.3) is 0 Å². The van der Waals surface area contributed by atoms with Crippen molar-refractivity contribution in [3.8, 4) is 5.75 Å². The molecule has 14 rings (SSSR count). The molecule has 718 valence electrons. The van der Waals surface area contributed by atoms with Crippen molar-refractivity contribution in [1.82, 2.24) is 0 Å². The molecule has 0 bridgehead atoms. The minimum atomic E-state index is -2.26. The molecule has 0 amide bonds. The van der Waals surface area contributed by atoms with Gasteiger partial charge in [-0.1, -0.05) is 72.2 Å². The number of carbonyl (C=O) groups excluding carboxylic acids is 2. The lowest BCUT2D eigenvalue weighted by Crippen LogP contribution is -2.70. The van der Waals surface area contributed by atoms with Crippen molar-refractivity contribution in [2.24, 2.45) is 50.2 Å². The molecule has 4 saturated carbocycles. The van der Waals surface area contributed by atoms with E-state index in [0.717, 1.165) is 5.57 Å². The topological polar surface area (TPSA) is 677 Å². The van der Waals surface area contributed by atoms with Crippen LogP contribution in [0.1, 0.15) is 124 Å². The fourth-order valence-electron chi connectivity index (χ4n) is 22.8. The molecule has 24 N–H and O–H groups in total. The number of aromatic hydroxyl groups is 1. The molecule has 1 aromatic rings. The third-order valence-electron chi connectivity index (χ3n) is 30.6. The number of allylic oxidation sites excluding steroid dienone is 2. The SMILES string of the molecule is C[C@@H]1O[C@@H](O[C@H]2[C@H](OC(=O)[C@]34C[C@H](OC(=O)c5ccccc5O)C(C)(C)C[C@H]3C3=CC[C@@H]5[C@@]6(C)CC[C@H](O[C@@H]7O[C@H](CO[C@@H]8O[C@H](C)[C@H](O)[C@H](O)[C@H]8O[C@@H]8OC[C@@H](O)[C@H](O)[C@H]8O)[C@@H](O)[C@H](O)[C@H]7O[C@@H]7O[C@H](CO)[C@@H](O)[C@H](O)[C@H]7O)C(C)(C)C6CC[C@@]5(C)[C@]3(C)C[C@H]4O)O[C@H](CO)[C@@H](O)[C@@H]2O)[C@H](O)[C@H](O[C@@H]2O[C@H](CO)[C@@H](O)[C@H](O)[C@H]2O)[C@H]1O[C@@H]1O[C@@H](CO)[C@H](O)[C@H]1O. The zero-order valence-corrected chi connectivity index (χ0v) is 71.2. The van der Waals surface area contributed by atoms with Crippen molar-refractivity contribution >= 4 is 11.9 Å². The summed E-state index contributed by atoms with van der Waals surface area (Å²) in [6, 6.07) is 5.61. The highest BCUT2D eigenvalue weighted by molar-refractivity contribution is 5.92. The highest BCUT2D eigenvalue weighted by atomic mass is 16.8. The zero-order valence-electron chi connectivity index (χ0n) is 71.2. The van der Waals surface area contributed by atoms with Gasteiger partial charge in [0.15, 0.2) is 50.1 Å². The summed E-state index contributed by atoms with van der Waals surface area (Å²) in [5.41, 5.74) is -5.97. The third kappa shape index (κ3) is 17.3. The van der Waals surface area contributed by atoms with Crippen molar-refractivity contribution < 1.29 is 213 Å². The van der Waals surface area contributed by atoms with Gasteiger partial charge < -0.3 is 203 Å². The van der Waals surface area contributed by atoms with Crippen molar-refractivity contribution in [2.75, 3.05) is 39.6 Å². The first kappa shape index (κ1) is 98.2. The molecule has 0 radical (unpaired) electrons. The van der Waals surface area contributed by atoms with Crippen LogP contribution < -0.4 is 0 Å². The highest BCUT2D eigenvalue weighted by Gasteiger charge is 2.74. The van der Waals surface area contributed by atoms with E-state index in [4.69, 9.17) is 80.5 Å². The van der Waals surface area contributed by atoms with Crippen molar-refractivity contribution in [1.29, 1.82) is 0 Å². The van der Waals surface area contributed by atoms with Gasteiger partial charge in [-0.25, -0.2) is 4.79 Å². The second-order valence-electron chi connectivity index (χ2n) is 38.6. The molecular weight excluding hydrogens is 1680 g/mol. The van der Waals surface area contributed by atoms with Crippen molar-refractivity contribution in [2.45, 2.75) is 365 Å². The van der Waals surface area contributed by atoms with Gasteiger partial charge in [0.05, 0.1) is 64.1 Å². The van der Waals surface area contributed by atoms with E-state index in [0.29, 0.717) is 25.7 Å². The van der Waals surface area contributed by atoms with Crippen LogP contribution in [0.5, 0.6) is 5.75 Å². The molecule has 1 aromatic carbocycles. The summed E-state index contributed by atoms with van der Waals surface area (Å²) in [6.07, 6.45) is -69.6. The van der Waals surface area contributed by atoms with Crippen molar-refractivity contribution in [3.63, 3.8) is 0 Å². The predicted molar refractivity (Wildman–Crippen MR) is 413 cm³/mol. The van der Waals surface area contributed by atoms with Crippen LogP contribution in [-0.2, 0) is 85.3 Å². The summed E-state index contributed by atoms with van der Waals surface area (Å²) >= 11 is 0. The van der Waals surface area contributed by atoms with Crippen LogP contribution in [0, 0.1) is 50.2 Å². The lowest BCUT2D eigenvalue weighted by atomic mass is 9.33. The number of hydrogen-bond donors (Lipinski definition) is 24. The molecule has 8 saturated heterocycles. The van der Waals surface area contributed by atoms with Crippen LogP contribution >= 0.6 is 0 Å². The lowest BCUT2D eigenvalue weighted by Gasteiger charge is -2.72. The van der Waals surface area contributed by atoms with Gasteiger partial charge in [-0.05, 0) is 110 Å². The Morgan fingerprint density at radius 2 is 0.905 bits per heavy atom. The molecular formula is C83H128O43. The maximum Gasteiger partial charge on any atom is 0.342 e. The van der Waals surface area contributed by atoms with Gasteiger partial charge in [-0.15, -0.1) is 0 Å². The molecule has 8 aliphatic heterocycles. The number of phenols is 1. The number of para-hydroxylation sites is 1. The molecule has 0 spiro atoms. The van der Waals surface area contributed by atoms with Crippen LogP contribution in [0.3, 0.4) is 0 Å². The van der Waals surface area contributed by atoms with E-state index in [2.05, 4.69) is 19.9 Å². The van der Waals surface area contributed by atoms with Gasteiger partial charge in [0, 0.05) is 11.8 Å². The predicted octanol–water partition coefficient (Wildman–Crippen LogP) is -7.89. The molecule has 5 aliphatic carbocycles. The Balaban J connectivity index is 0.757. The number of esters is 2. The Morgan fingerprint density at radius 1 is 0.429 bits per heavy atom. The van der Waals surface area contributed by atoms with Gasteiger partial charge >= 0.3 is 11.9 Å². The number of aliphatic hydroxyl groups excluding tert-OH is 23. The van der Waals surface area contributed by atoms with Gasteiger partial charge in [0.1, 0.15) is 188 Å². The Hall–Kier alpha value is -3.82. The number of ether oxygens (including phenoxy) is 17. The number of phenolic OH excluding ortho intramolecular Hbond substituents is 1. The molecule has 0 aromatic heterocycles. The first-order valence-corrected chi connectivity index (χ1v) is 43.3. The number of aliphatic hydroxyl groups is 23. The van der Waals surface area contributed by atoms with E-state index in [9.17, 15) is 127 Å². The van der Waals surface area contributed by atoms with E-state index >= 15 is 4.79 Å². The third-order valence-corrected chi connectivity index (χ3v) is 30.6. The maximum atomic E-state index is 16.6. The van der Waals surface area contributed by atoms with E-state index in [1.807, 2.05) is 34.6 Å². The van der Waals surface area contributed by atoms with Crippen LogP contribution in [0.2, 0.25) is 0 Å². The second-order valence-corrected chi connectivity index (χ2v) is 38.6. The van der Waals surface area contributed by atoms with E-state index in [1.165, 1.54) is 38.1 Å². The van der Waals surface area contributed by atoms with Crippen molar-refractivity contribution in [3.05, 3.63) is 41.5 Å². The molecule has 12 fully saturated rings. The van der Waals surface area contributed by atoms with Gasteiger partial charge in [-0.3, -0.25) is 4.79 Å². The lowest BCUT2D eigenvalue weighted by molar-refractivity contribution is -0.390. The number of rotatable bonds is 23. The minimum absolute atomic E-state index is 0.00246. The zero-order chi connectivity index (χ0) is 91.7. The summed E-state index contributed by atoms with van der Waals surface area (Å²) < 4.78 is 104. The quantitative estimate of drug-likeness (QED) is 0.0275. The summed E-state index contributed by atoms with van der Waals surface area (Å²) in [5.74, 6) is -4.10. The first-order valence-electron chi connectivity index (χ1n) is 43.3.